The molecule has 2 aliphatic heterocycles. The highest BCUT2D eigenvalue weighted by Gasteiger charge is 2.67. The summed E-state index contributed by atoms with van der Waals surface area (Å²) < 4.78 is 6.36. The molecule has 21 heavy (non-hydrogen) atoms. The normalized spacial score (nSPS) is 50.6. The molecule has 0 saturated carbocycles. The molecule has 3 nitrogen and oxygen atoms in total. The zero-order valence-corrected chi connectivity index (χ0v) is 12.8. The second-order valence-electron chi connectivity index (χ2n) is 7.74. The molecule has 2 bridgehead atoms. The topological polar surface area (TPSA) is 32.7 Å². The lowest BCUT2D eigenvalue weighted by molar-refractivity contribution is -0.120. The van der Waals surface area contributed by atoms with Crippen molar-refractivity contribution in [3.8, 4) is 0 Å². The maximum absolute atomic E-state index is 10.9. The first-order valence-corrected chi connectivity index (χ1v) is 8.26. The van der Waals surface area contributed by atoms with Crippen LogP contribution in [0.2, 0.25) is 0 Å². The van der Waals surface area contributed by atoms with Crippen LogP contribution in [0.15, 0.2) is 35.1 Å². The van der Waals surface area contributed by atoms with Crippen LogP contribution in [-0.4, -0.2) is 41.3 Å². The van der Waals surface area contributed by atoms with Crippen molar-refractivity contribution in [2.75, 3.05) is 13.6 Å². The van der Waals surface area contributed by atoms with Crippen molar-refractivity contribution in [2.24, 2.45) is 11.3 Å². The van der Waals surface area contributed by atoms with Crippen molar-refractivity contribution in [2.45, 2.75) is 50.4 Å². The predicted molar refractivity (Wildman–Crippen MR) is 80.6 cm³/mol. The summed E-state index contributed by atoms with van der Waals surface area (Å²) in [6.45, 7) is 3.02. The van der Waals surface area contributed by atoms with E-state index in [1.165, 1.54) is 18.4 Å². The Hall–Kier alpha value is -1.06. The maximum Gasteiger partial charge on any atom is 0.141 e. The van der Waals surface area contributed by atoms with Gasteiger partial charge in [-0.2, -0.15) is 0 Å². The summed E-state index contributed by atoms with van der Waals surface area (Å²) in [7, 11) is 2.26. The number of hydrogen-bond acceptors (Lipinski definition) is 3. The second kappa shape index (κ2) is 3.64. The molecule has 1 spiro atoms. The average molecular weight is 285 g/mol. The van der Waals surface area contributed by atoms with Gasteiger partial charge in [-0.1, -0.05) is 17.7 Å². The monoisotopic (exact) mass is 285 g/mol. The molecule has 0 aromatic rings. The van der Waals surface area contributed by atoms with Crippen molar-refractivity contribution in [3.05, 3.63) is 35.1 Å². The van der Waals surface area contributed by atoms with E-state index >= 15 is 0 Å². The third-order valence-corrected chi connectivity index (χ3v) is 6.63. The third kappa shape index (κ3) is 1.29. The first kappa shape index (κ1) is 12.5. The Morgan fingerprint density at radius 3 is 3.14 bits per heavy atom. The van der Waals surface area contributed by atoms with Crippen molar-refractivity contribution >= 4 is 0 Å². The van der Waals surface area contributed by atoms with E-state index in [1.807, 2.05) is 13.0 Å². The lowest BCUT2D eigenvalue weighted by atomic mass is 9.51. The van der Waals surface area contributed by atoms with Gasteiger partial charge in [-0.25, -0.2) is 0 Å². The van der Waals surface area contributed by atoms with E-state index in [2.05, 4.69) is 24.1 Å². The molecule has 0 aromatic carbocycles. The number of allylic oxidation sites excluding steroid dienone is 2. The molecule has 3 aliphatic carbocycles. The lowest BCUT2D eigenvalue weighted by Gasteiger charge is -2.58. The van der Waals surface area contributed by atoms with Crippen LogP contribution in [0.3, 0.4) is 0 Å². The second-order valence-corrected chi connectivity index (χ2v) is 7.74. The average Bonchev–Trinajstić information content (AvgIpc) is 2.80. The fraction of sp³-hybridized carbons (Fsp3) is 0.667. The van der Waals surface area contributed by atoms with Crippen LogP contribution >= 0.6 is 0 Å². The van der Waals surface area contributed by atoms with Crippen molar-refractivity contribution in [1.82, 2.24) is 4.90 Å². The van der Waals surface area contributed by atoms with Crippen molar-refractivity contribution in [3.63, 3.8) is 0 Å². The van der Waals surface area contributed by atoms with E-state index < -0.39 is 5.60 Å². The molecule has 0 aromatic heterocycles. The molecule has 5 rings (SSSR count). The Morgan fingerprint density at radius 1 is 1.43 bits per heavy atom. The van der Waals surface area contributed by atoms with E-state index in [1.54, 1.807) is 5.57 Å². The van der Waals surface area contributed by atoms with E-state index in [4.69, 9.17) is 4.74 Å². The van der Waals surface area contributed by atoms with Gasteiger partial charge in [0.05, 0.1) is 0 Å². The molecule has 5 aliphatic rings. The molecule has 112 valence electrons. The van der Waals surface area contributed by atoms with Crippen LogP contribution in [0.4, 0.5) is 0 Å². The van der Waals surface area contributed by atoms with Crippen LogP contribution in [0.5, 0.6) is 0 Å². The van der Waals surface area contributed by atoms with E-state index in [0.717, 1.165) is 25.1 Å². The van der Waals surface area contributed by atoms with E-state index in [0.29, 0.717) is 12.0 Å². The molecule has 0 unspecified atom stereocenters. The Labute approximate surface area is 126 Å². The molecule has 5 atom stereocenters. The SMILES string of the molecule is CN1CC[C@]23C4=C5CCC=C4O[C@H]2[C@@](C)(O)C=C[C@H]3[C@H]1C5. The van der Waals surface area contributed by atoms with Gasteiger partial charge in [0.2, 0.25) is 0 Å². The van der Waals surface area contributed by atoms with Crippen LogP contribution in [0, 0.1) is 11.3 Å². The minimum atomic E-state index is -0.857. The number of likely N-dealkylation sites (tertiary alicyclic amines) is 1. The minimum Gasteiger partial charge on any atom is -0.486 e. The zero-order valence-electron chi connectivity index (χ0n) is 12.8. The Balaban J connectivity index is 1.81. The smallest absolute Gasteiger partial charge is 0.141 e. The molecule has 3 heteroatoms. The highest BCUT2D eigenvalue weighted by molar-refractivity contribution is 5.52. The number of nitrogens with zero attached hydrogens (tertiary/aromatic N) is 1. The molecular formula is C18H23NO2. The van der Waals surface area contributed by atoms with Gasteiger partial charge in [0.15, 0.2) is 0 Å². The standard InChI is InChI=1S/C18H23NO2/c1-17(20)7-6-12-13-10-11-4-3-5-14-15(11)18(12,16(17)21-14)8-9-19(13)2/h5-7,12-13,16,20H,3-4,8-10H2,1-2H3/t12-,13+,16-,17-,18-/m0/s1. The van der Waals surface area contributed by atoms with Crippen LogP contribution in [0.1, 0.15) is 32.6 Å². The Bertz CT molecular complexity index is 615. The molecule has 0 radical (unpaired) electrons. The molecule has 2 heterocycles. The number of aliphatic hydroxyl groups is 1. The predicted octanol–water partition coefficient (Wildman–Crippen LogP) is 2.39. The Morgan fingerprint density at radius 2 is 2.29 bits per heavy atom. The Kier molecular flexibility index (Phi) is 2.16. The molecule has 2 fully saturated rings. The van der Waals surface area contributed by atoms with Crippen molar-refractivity contribution in [1.29, 1.82) is 0 Å². The van der Waals surface area contributed by atoms with Gasteiger partial charge < -0.3 is 14.7 Å². The van der Waals surface area contributed by atoms with E-state index in [-0.39, 0.29) is 11.5 Å². The van der Waals surface area contributed by atoms with Gasteiger partial charge in [-0.15, -0.1) is 0 Å². The van der Waals surface area contributed by atoms with Gasteiger partial charge in [0.1, 0.15) is 17.5 Å². The summed E-state index contributed by atoms with van der Waals surface area (Å²) in [5.41, 5.74) is 2.26. The number of hydrogen-bond donors (Lipinski definition) is 1. The molecule has 2 saturated heterocycles. The highest BCUT2D eigenvalue weighted by atomic mass is 16.5. The fourth-order valence-corrected chi connectivity index (χ4v) is 5.78. The molecule has 0 amide bonds. The zero-order chi connectivity index (χ0) is 14.4. The summed E-state index contributed by atoms with van der Waals surface area (Å²) in [4.78, 5) is 2.53. The summed E-state index contributed by atoms with van der Waals surface area (Å²) in [6, 6.07) is 0.577. The third-order valence-electron chi connectivity index (χ3n) is 6.63. The van der Waals surface area contributed by atoms with Gasteiger partial charge in [-0.3, -0.25) is 0 Å². The van der Waals surface area contributed by atoms with Gasteiger partial charge >= 0.3 is 0 Å². The summed E-state index contributed by atoms with van der Waals surface area (Å²) in [5, 5.41) is 10.9. The molecule has 1 N–H and O–H groups in total. The number of rotatable bonds is 0. The first-order chi connectivity index (χ1) is 10.0. The maximum atomic E-state index is 10.9. The van der Waals surface area contributed by atoms with E-state index in [9.17, 15) is 5.11 Å². The fourth-order valence-electron chi connectivity index (χ4n) is 5.78. The summed E-state index contributed by atoms with van der Waals surface area (Å²) in [6.07, 6.45) is 11.0. The van der Waals surface area contributed by atoms with Gasteiger partial charge in [0.25, 0.3) is 0 Å². The molecular weight excluding hydrogens is 262 g/mol. The quantitative estimate of drug-likeness (QED) is 0.694. The lowest BCUT2D eigenvalue weighted by Crippen LogP contribution is -2.63. The number of piperidine rings is 1. The van der Waals surface area contributed by atoms with Crippen molar-refractivity contribution < 1.29 is 9.84 Å². The summed E-state index contributed by atoms with van der Waals surface area (Å²) in [5.74, 6) is 1.59. The van der Waals surface area contributed by atoms with Crippen LogP contribution < -0.4 is 0 Å². The summed E-state index contributed by atoms with van der Waals surface area (Å²) >= 11 is 0. The minimum absolute atomic E-state index is 0.0231. The van der Waals surface area contributed by atoms with Crippen LogP contribution in [0.25, 0.3) is 0 Å². The largest absolute Gasteiger partial charge is 0.486 e. The van der Waals surface area contributed by atoms with Crippen LogP contribution in [-0.2, 0) is 4.74 Å². The number of ether oxygens (including phenoxy) is 1. The van der Waals surface area contributed by atoms with Gasteiger partial charge in [0, 0.05) is 22.9 Å². The van der Waals surface area contributed by atoms with Gasteiger partial charge in [-0.05, 0) is 52.3 Å². The first-order valence-electron chi connectivity index (χ1n) is 8.26. The highest BCUT2D eigenvalue weighted by Crippen LogP contribution is 2.66.